The standard InChI is InChI=1S/C24H25N5O.ClH/c25-14-20-6-8-21(9-7-20)17-29-18-26-15-22(29)16-27-23-11-13-28(24(23)30)12-10-19-4-2-1-3-5-19;/h1-9,15,18,23,27H,10-13,16-17H2;1H/t23-;/m0./s1. The smallest absolute Gasteiger partial charge is 0.239 e. The fraction of sp³-hybridized carbons (Fsp3) is 0.292. The first-order chi connectivity index (χ1) is 14.7. The van der Waals surface area contributed by atoms with Crippen molar-refractivity contribution in [1.29, 1.82) is 5.26 Å². The Balaban J connectivity index is 0.00000272. The molecule has 0 radical (unpaired) electrons. The molecule has 0 saturated carbocycles. The number of imidazole rings is 1. The Hall–Kier alpha value is -3.14. The summed E-state index contributed by atoms with van der Waals surface area (Å²) in [7, 11) is 0. The average molecular weight is 436 g/mol. The van der Waals surface area contributed by atoms with Crippen molar-refractivity contribution in [2.45, 2.75) is 32.0 Å². The molecule has 1 aliphatic rings. The molecule has 1 saturated heterocycles. The number of halogens is 1. The van der Waals surface area contributed by atoms with Crippen LogP contribution in [-0.4, -0.2) is 39.5 Å². The molecule has 1 fully saturated rings. The molecule has 1 aromatic heterocycles. The number of benzene rings is 2. The Morgan fingerprint density at radius 3 is 2.61 bits per heavy atom. The summed E-state index contributed by atoms with van der Waals surface area (Å²) in [4.78, 5) is 19.0. The summed E-state index contributed by atoms with van der Waals surface area (Å²) in [5, 5.41) is 12.3. The first-order valence-electron chi connectivity index (χ1n) is 10.3. The van der Waals surface area contributed by atoms with Crippen molar-refractivity contribution in [1.82, 2.24) is 19.8 Å². The highest BCUT2D eigenvalue weighted by Crippen LogP contribution is 2.14. The number of nitriles is 1. The minimum absolute atomic E-state index is 0. The zero-order valence-corrected chi connectivity index (χ0v) is 18.1. The van der Waals surface area contributed by atoms with Gasteiger partial charge in [0.25, 0.3) is 0 Å². The maximum atomic E-state index is 12.7. The molecule has 0 spiro atoms. The lowest BCUT2D eigenvalue weighted by Crippen LogP contribution is -2.38. The zero-order valence-electron chi connectivity index (χ0n) is 17.3. The maximum absolute atomic E-state index is 12.7. The second-order valence-electron chi connectivity index (χ2n) is 7.60. The van der Waals surface area contributed by atoms with Crippen LogP contribution in [0.15, 0.2) is 67.1 Å². The van der Waals surface area contributed by atoms with Crippen LogP contribution in [0.5, 0.6) is 0 Å². The average Bonchev–Trinajstić information content (AvgIpc) is 3.38. The molecule has 6 nitrogen and oxygen atoms in total. The number of hydrogen-bond acceptors (Lipinski definition) is 4. The number of carbonyl (C=O) groups is 1. The van der Waals surface area contributed by atoms with E-state index in [0.29, 0.717) is 18.7 Å². The van der Waals surface area contributed by atoms with E-state index in [1.165, 1.54) is 5.56 Å². The van der Waals surface area contributed by atoms with Gasteiger partial charge in [-0.05, 0) is 36.1 Å². The third-order valence-corrected chi connectivity index (χ3v) is 5.57. The second-order valence-corrected chi connectivity index (χ2v) is 7.60. The predicted molar refractivity (Wildman–Crippen MR) is 122 cm³/mol. The molecule has 1 N–H and O–H groups in total. The van der Waals surface area contributed by atoms with Crippen molar-refractivity contribution < 1.29 is 4.79 Å². The van der Waals surface area contributed by atoms with Gasteiger partial charge in [-0.15, -0.1) is 12.4 Å². The highest BCUT2D eigenvalue weighted by atomic mass is 35.5. The Bertz CT molecular complexity index is 1030. The number of rotatable bonds is 8. The van der Waals surface area contributed by atoms with Crippen LogP contribution in [0.3, 0.4) is 0 Å². The van der Waals surface area contributed by atoms with Gasteiger partial charge in [0.2, 0.25) is 5.91 Å². The fourth-order valence-electron chi connectivity index (χ4n) is 3.81. The highest BCUT2D eigenvalue weighted by molar-refractivity contribution is 5.85. The number of hydrogen-bond donors (Lipinski definition) is 1. The van der Waals surface area contributed by atoms with Crippen molar-refractivity contribution in [3.63, 3.8) is 0 Å². The molecule has 1 atom stereocenters. The van der Waals surface area contributed by atoms with Crippen LogP contribution < -0.4 is 5.32 Å². The Labute approximate surface area is 188 Å². The molecule has 0 unspecified atom stereocenters. The van der Waals surface area contributed by atoms with Crippen LogP contribution in [0.25, 0.3) is 0 Å². The summed E-state index contributed by atoms with van der Waals surface area (Å²) in [5.74, 6) is 0.184. The topological polar surface area (TPSA) is 74.0 Å². The molecular weight excluding hydrogens is 410 g/mol. The van der Waals surface area contributed by atoms with E-state index < -0.39 is 0 Å². The van der Waals surface area contributed by atoms with Crippen molar-refractivity contribution >= 4 is 18.3 Å². The van der Waals surface area contributed by atoms with Gasteiger partial charge in [0.05, 0.1) is 29.7 Å². The van der Waals surface area contributed by atoms with E-state index in [2.05, 4.69) is 33.1 Å². The molecular formula is C24H26ClN5O. The summed E-state index contributed by atoms with van der Waals surface area (Å²) in [5.41, 5.74) is 4.06. The molecule has 3 aromatic rings. The van der Waals surface area contributed by atoms with Gasteiger partial charge < -0.3 is 14.8 Å². The summed E-state index contributed by atoms with van der Waals surface area (Å²) in [6.45, 7) is 2.84. The predicted octanol–water partition coefficient (Wildman–Crippen LogP) is 3.16. The third kappa shape index (κ3) is 5.72. The van der Waals surface area contributed by atoms with Gasteiger partial charge >= 0.3 is 0 Å². The lowest BCUT2D eigenvalue weighted by Gasteiger charge is -2.17. The normalized spacial score (nSPS) is 15.5. The van der Waals surface area contributed by atoms with Crippen molar-refractivity contribution in [3.05, 3.63) is 89.5 Å². The van der Waals surface area contributed by atoms with Crippen LogP contribution in [-0.2, 0) is 24.3 Å². The quantitative estimate of drug-likeness (QED) is 0.589. The fourth-order valence-corrected chi connectivity index (χ4v) is 3.81. The van der Waals surface area contributed by atoms with Crippen LogP contribution >= 0.6 is 12.4 Å². The van der Waals surface area contributed by atoms with Crippen LogP contribution in [0, 0.1) is 11.3 Å². The lowest BCUT2D eigenvalue weighted by atomic mass is 10.1. The van der Waals surface area contributed by atoms with Crippen molar-refractivity contribution in [3.8, 4) is 6.07 Å². The van der Waals surface area contributed by atoms with E-state index in [0.717, 1.165) is 37.2 Å². The first-order valence-corrected chi connectivity index (χ1v) is 10.3. The minimum atomic E-state index is -0.140. The Kier molecular flexibility index (Phi) is 7.82. The largest absolute Gasteiger partial charge is 0.341 e. The van der Waals surface area contributed by atoms with E-state index >= 15 is 0 Å². The molecule has 0 bridgehead atoms. The molecule has 160 valence electrons. The second kappa shape index (κ2) is 10.8. The summed E-state index contributed by atoms with van der Waals surface area (Å²) in [6.07, 6.45) is 5.36. The molecule has 1 aliphatic heterocycles. The number of carbonyl (C=O) groups excluding carboxylic acids is 1. The maximum Gasteiger partial charge on any atom is 0.239 e. The van der Waals surface area contributed by atoms with E-state index in [1.54, 1.807) is 6.33 Å². The highest BCUT2D eigenvalue weighted by Gasteiger charge is 2.30. The number of likely N-dealkylation sites (tertiary alicyclic amines) is 1. The molecule has 4 rings (SSSR count). The number of amides is 1. The van der Waals surface area contributed by atoms with E-state index in [1.807, 2.05) is 53.6 Å². The minimum Gasteiger partial charge on any atom is -0.341 e. The van der Waals surface area contributed by atoms with E-state index in [4.69, 9.17) is 5.26 Å². The van der Waals surface area contributed by atoms with Gasteiger partial charge in [0.15, 0.2) is 0 Å². The van der Waals surface area contributed by atoms with Gasteiger partial charge in [-0.2, -0.15) is 5.26 Å². The van der Waals surface area contributed by atoms with Gasteiger partial charge in [-0.25, -0.2) is 4.98 Å². The van der Waals surface area contributed by atoms with Crippen LogP contribution in [0.4, 0.5) is 0 Å². The van der Waals surface area contributed by atoms with Crippen molar-refractivity contribution in [2.24, 2.45) is 0 Å². The van der Waals surface area contributed by atoms with Crippen molar-refractivity contribution in [2.75, 3.05) is 13.1 Å². The first kappa shape index (κ1) is 22.5. The van der Waals surface area contributed by atoms with E-state index in [9.17, 15) is 4.79 Å². The monoisotopic (exact) mass is 435 g/mol. The van der Waals surface area contributed by atoms with Gasteiger partial charge in [-0.1, -0.05) is 42.5 Å². The lowest BCUT2D eigenvalue weighted by molar-refractivity contribution is -0.129. The Morgan fingerprint density at radius 1 is 1.10 bits per heavy atom. The summed E-state index contributed by atoms with van der Waals surface area (Å²) >= 11 is 0. The summed E-state index contributed by atoms with van der Waals surface area (Å²) in [6, 6.07) is 19.8. The van der Waals surface area contributed by atoms with E-state index in [-0.39, 0.29) is 24.4 Å². The number of nitrogens with one attached hydrogen (secondary N) is 1. The number of aromatic nitrogens is 2. The van der Waals surface area contributed by atoms with Gasteiger partial charge in [0, 0.05) is 32.4 Å². The van der Waals surface area contributed by atoms with Gasteiger partial charge in [-0.3, -0.25) is 4.79 Å². The molecule has 2 aromatic carbocycles. The molecule has 2 heterocycles. The zero-order chi connectivity index (χ0) is 20.8. The molecule has 31 heavy (non-hydrogen) atoms. The van der Waals surface area contributed by atoms with Crippen LogP contribution in [0.1, 0.15) is 28.8 Å². The van der Waals surface area contributed by atoms with Gasteiger partial charge in [0.1, 0.15) is 0 Å². The van der Waals surface area contributed by atoms with Crippen LogP contribution in [0.2, 0.25) is 0 Å². The SMILES string of the molecule is Cl.N#Cc1ccc(Cn2cncc2CN[C@H]2CCN(CCc3ccccc3)C2=O)cc1. The molecule has 0 aliphatic carbocycles. The molecule has 7 heteroatoms. The molecule has 1 amide bonds. The number of nitrogens with zero attached hydrogens (tertiary/aromatic N) is 4. The Morgan fingerprint density at radius 2 is 1.87 bits per heavy atom. The summed E-state index contributed by atoms with van der Waals surface area (Å²) < 4.78 is 2.07. The third-order valence-electron chi connectivity index (χ3n) is 5.57.